The second-order valence-electron chi connectivity index (χ2n) is 5.75. The summed E-state index contributed by atoms with van der Waals surface area (Å²) in [6.45, 7) is 4.02. The van der Waals surface area contributed by atoms with E-state index < -0.39 is 0 Å². The number of rotatable bonds is 8. The molecule has 0 aromatic heterocycles. The van der Waals surface area contributed by atoms with Crippen molar-refractivity contribution in [3.63, 3.8) is 0 Å². The molecule has 2 rings (SSSR count). The lowest BCUT2D eigenvalue weighted by atomic mass is 10.1. The van der Waals surface area contributed by atoms with Gasteiger partial charge < -0.3 is 15.0 Å². The predicted molar refractivity (Wildman–Crippen MR) is 90.0 cm³/mol. The number of likely N-dealkylation sites (tertiary alicyclic amines) is 1. The molecule has 0 unspecified atom stereocenters. The fourth-order valence-electron chi connectivity index (χ4n) is 2.62. The fourth-order valence-corrected chi connectivity index (χ4v) is 2.62. The van der Waals surface area contributed by atoms with Gasteiger partial charge in [-0.2, -0.15) is 0 Å². The second-order valence-corrected chi connectivity index (χ2v) is 5.75. The van der Waals surface area contributed by atoms with Crippen molar-refractivity contribution in [3.05, 3.63) is 29.8 Å². The SMILES string of the molecule is CCOc1ccc(C(=O)CCC(=O)NCC(=O)N2CCCC2)cc1. The number of hydrogen-bond donors (Lipinski definition) is 1. The Balaban J connectivity index is 1.70. The van der Waals surface area contributed by atoms with E-state index in [2.05, 4.69) is 5.32 Å². The van der Waals surface area contributed by atoms with Crippen LogP contribution in [0.2, 0.25) is 0 Å². The molecule has 1 heterocycles. The van der Waals surface area contributed by atoms with Gasteiger partial charge in [0.15, 0.2) is 5.78 Å². The van der Waals surface area contributed by atoms with Crippen LogP contribution in [0.5, 0.6) is 5.75 Å². The molecule has 0 spiro atoms. The number of nitrogens with one attached hydrogen (secondary N) is 1. The van der Waals surface area contributed by atoms with E-state index in [1.165, 1.54) is 0 Å². The van der Waals surface area contributed by atoms with E-state index in [0.717, 1.165) is 25.9 Å². The summed E-state index contributed by atoms with van der Waals surface area (Å²) in [5.74, 6) is 0.284. The van der Waals surface area contributed by atoms with E-state index in [4.69, 9.17) is 4.74 Å². The zero-order valence-corrected chi connectivity index (χ0v) is 14.0. The molecular formula is C18H24N2O4. The molecule has 1 aromatic rings. The molecule has 130 valence electrons. The average molecular weight is 332 g/mol. The van der Waals surface area contributed by atoms with Crippen LogP contribution in [0.3, 0.4) is 0 Å². The largest absolute Gasteiger partial charge is 0.494 e. The maximum absolute atomic E-state index is 12.1. The minimum Gasteiger partial charge on any atom is -0.494 e. The molecule has 1 aromatic carbocycles. The molecule has 1 N–H and O–H groups in total. The molecule has 0 atom stereocenters. The lowest BCUT2D eigenvalue weighted by Gasteiger charge is -2.15. The van der Waals surface area contributed by atoms with Crippen LogP contribution < -0.4 is 10.1 Å². The van der Waals surface area contributed by atoms with Crippen molar-refractivity contribution in [1.82, 2.24) is 10.2 Å². The van der Waals surface area contributed by atoms with Crippen LogP contribution in [0.4, 0.5) is 0 Å². The smallest absolute Gasteiger partial charge is 0.241 e. The highest BCUT2D eigenvalue weighted by atomic mass is 16.5. The van der Waals surface area contributed by atoms with Gasteiger partial charge in [-0.25, -0.2) is 0 Å². The maximum atomic E-state index is 12.1. The molecule has 2 amide bonds. The first-order valence-corrected chi connectivity index (χ1v) is 8.40. The van der Waals surface area contributed by atoms with E-state index in [1.54, 1.807) is 29.2 Å². The molecule has 0 bridgehead atoms. The highest BCUT2D eigenvalue weighted by Crippen LogP contribution is 2.14. The Kier molecular flexibility index (Phi) is 6.78. The van der Waals surface area contributed by atoms with E-state index in [-0.39, 0.29) is 37.0 Å². The van der Waals surface area contributed by atoms with Gasteiger partial charge in [0.05, 0.1) is 13.2 Å². The highest BCUT2D eigenvalue weighted by molar-refractivity contribution is 5.98. The number of carbonyl (C=O) groups excluding carboxylic acids is 3. The van der Waals surface area contributed by atoms with Gasteiger partial charge in [-0.15, -0.1) is 0 Å². The Morgan fingerprint density at radius 1 is 1.08 bits per heavy atom. The molecule has 24 heavy (non-hydrogen) atoms. The Labute approximate surface area is 142 Å². The van der Waals surface area contributed by atoms with Gasteiger partial charge in [-0.05, 0) is 44.0 Å². The number of nitrogens with zero attached hydrogens (tertiary/aromatic N) is 1. The summed E-state index contributed by atoms with van der Waals surface area (Å²) < 4.78 is 5.32. The minimum absolute atomic E-state index is 0.01000. The van der Waals surface area contributed by atoms with Gasteiger partial charge in [0.2, 0.25) is 11.8 Å². The van der Waals surface area contributed by atoms with Gasteiger partial charge in [-0.1, -0.05) is 0 Å². The van der Waals surface area contributed by atoms with Crippen molar-refractivity contribution in [2.45, 2.75) is 32.6 Å². The third kappa shape index (κ3) is 5.37. The first kappa shape index (κ1) is 18.0. The van der Waals surface area contributed by atoms with Crippen molar-refractivity contribution in [2.24, 2.45) is 0 Å². The maximum Gasteiger partial charge on any atom is 0.241 e. The molecule has 1 saturated heterocycles. The number of carbonyl (C=O) groups is 3. The monoisotopic (exact) mass is 332 g/mol. The molecule has 1 aliphatic heterocycles. The van der Waals surface area contributed by atoms with Gasteiger partial charge in [0, 0.05) is 31.5 Å². The van der Waals surface area contributed by atoms with Crippen LogP contribution >= 0.6 is 0 Å². The Morgan fingerprint density at radius 3 is 2.38 bits per heavy atom. The lowest BCUT2D eigenvalue weighted by Crippen LogP contribution is -2.38. The van der Waals surface area contributed by atoms with E-state index in [0.29, 0.717) is 17.9 Å². The van der Waals surface area contributed by atoms with Crippen LogP contribution in [0.15, 0.2) is 24.3 Å². The molecule has 0 radical (unpaired) electrons. The van der Waals surface area contributed by atoms with Crippen molar-refractivity contribution in [2.75, 3.05) is 26.2 Å². The highest BCUT2D eigenvalue weighted by Gasteiger charge is 2.18. The van der Waals surface area contributed by atoms with E-state index in [1.807, 2.05) is 6.92 Å². The second kappa shape index (κ2) is 9.05. The number of Topliss-reactive ketones (excluding diaryl/α,β-unsaturated/α-hetero) is 1. The Bertz CT molecular complexity index is 577. The Morgan fingerprint density at radius 2 is 1.75 bits per heavy atom. The van der Waals surface area contributed by atoms with Crippen LogP contribution in [-0.4, -0.2) is 48.7 Å². The molecule has 0 saturated carbocycles. The number of ether oxygens (including phenoxy) is 1. The normalized spacial score (nSPS) is 13.6. The summed E-state index contributed by atoms with van der Waals surface area (Å²) in [6, 6.07) is 6.88. The van der Waals surface area contributed by atoms with Crippen LogP contribution in [0.25, 0.3) is 0 Å². The summed E-state index contributed by atoms with van der Waals surface area (Å²) in [6.07, 6.45) is 2.25. The number of ketones is 1. The zero-order valence-electron chi connectivity index (χ0n) is 14.0. The first-order chi connectivity index (χ1) is 11.6. The van der Waals surface area contributed by atoms with Gasteiger partial charge >= 0.3 is 0 Å². The third-order valence-corrected chi connectivity index (χ3v) is 3.96. The van der Waals surface area contributed by atoms with Crippen molar-refractivity contribution in [3.8, 4) is 5.75 Å². The molecule has 0 aliphatic carbocycles. The first-order valence-electron chi connectivity index (χ1n) is 8.40. The summed E-state index contributed by atoms with van der Waals surface area (Å²) in [5.41, 5.74) is 0.555. The number of hydrogen-bond acceptors (Lipinski definition) is 4. The minimum atomic E-state index is -0.276. The van der Waals surface area contributed by atoms with E-state index >= 15 is 0 Å². The van der Waals surface area contributed by atoms with Crippen LogP contribution in [-0.2, 0) is 9.59 Å². The third-order valence-electron chi connectivity index (χ3n) is 3.96. The van der Waals surface area contributed by atoms with Crippen molar-refractivity contribution >= 4 is 17.6 Å². The van der Waals surface area contributed by atoms with E-state index in [9.17, 15) is 14.4 Å². The van der Waals surface area contributed by atoms with Gasteiger partial charge in [-0.3, -0.25) is 14.4 Å². The molecule has 6 nitrogen and oxygen atoms in total. The molecule has 6 heteroatoms. The molecule has 1 fully saturated rings. The number of amides is 2. The topological polar surface area (TPSA) is 75.7 Å². The zero-order chi connectivity index (χ0) is 17.4. The summed E-state index contributed by atoms with van der Waals surface area (Å²) in [7, 11) is 0. The fraction of sp³-hybridized carbons (Fsp3) is 0.500. The average Bonchev–Trinajstić information content (AvgIpc) is 3.13. The molecular weight excluding hydrogens is 308 g/mol. The standard InChI is InChI=1S/C18H24N2O4/c1-2-24-15-7-5-14(6-8-15)16(21)9-10-17(22)19-13-18(23)20-11-3-4-12-20/h5-8H,2-4,9-13H2,1H3,(H,19,22). The van der Waals surface area contributed by atoms with Gasteiger partial charge in [0.25, 0.3) is 0 Å². The quantitative estimate of drug-likeness (QED) is 0.736. The van der Waals surface area contributed by atoms with Crippen LogP contribution in [0.1, 0.15) is 43.0 Å². The summed E-state index contributed by atoms with van der Waals surface area (Å²) >= 11 is 0. The summed E-state index contributed by atoms with van der Waals surface area (Å²) in [5, 5.41) is 2.59. The predicted octanol–water partition coefficient (Wildman–Crippen LogP) is 1.79. The van der Waals surface area contributed by atoms with Crippen molar-refractivity contribution in [1.29, 1.82) is 0 Å². The lowest BCUT2D eigenvalue weighted by molar-refractivity contribution is -0.132. The van der Waals surface area contributed by atoms with Crippen LogP contribution in [0, 0.1) is 0 Å². The van der Waals surface area contributed by atoms with Gasteiger partial charge in [0.1, 0.15) is 5.75 Å². The summed E-state index contributed by atoms with van der Waals surface area (Å²) in [4.78, 5) is 37.4. The number of benzene rings is 1. The molecule has 1 aliphatic rings. The Hall–Kier alpha value is -2.37. The van der Waals surface area contributed by atoms with Crippen molar-refractivity contribution < 1.29 is 19.1 Å².